The van der Waals surface area contributed by atoms with Crippen LogP contribution in [0.4, 0.5) is 0 Å². The zero-order chi connectivity index (χ0) is 16.3. The largest absolute Gasteiger partial charge is 0.294 e. The van der Waals surface area contributed by atoms with Crippen molar-refractivity contribution >= 4 is 16.6 Å². The van der Waals surface area contributed by atoms with Crippen LogP contribution in [0, 0.1) is 5.92 Å². The Morgan fingerprint density at radius 1 is 0.917 bits per heavy atom. The predicted octanol–water partition coefficient (Wildman–Crippen LogP) is 5.37. The molecule has 3 aromatic carbocycles. The van der Waals surface area contributed by atoms with Gasteiger partial charge in [0.1, 0.15) is 0 Å². The number of ketones is 1. The summed E-state index contributed by atoms with van der Waals surface area (Å²) in [6, 6.07) is 17.4. The van der Waals surface area contributed by atoms with Gasteiger partial charge in [0.15, 0.2) is 5.78 Å². The highest BCUT2D eigenvalue weighted by atomic mass is 16.1. The monoisotopic (exact) mass is 312 g/mol. The van der Waals surface area contributed by atoms with Crippen LogP contribution in [0.25, 0.3) is 21.9 Å². The van der Waals surface area contributed by atoms with E-state index in [2.05, 4.69) is 55.5 Å². The Hall–Kier alpha value is -2.41. The summed E-state index contributed by atoms with van der Waals surface area (Å²) >= 11 is 0. The lowest BCUT2D eigenvalue weighted by atomic mass is 9.87. The number of rotatable bonds is 1. The second-order valence-corrected chi connectivity index (χ2v) is 7.27. The van der Waals surface area contributed by atoms with E-state index in [0.29, 0.717) is 5.78 Å². The topological polar surface area (TPSA) is 17.1 Å². The van der Waals surface area contributed by atoms with Crippen molar-refractivity contribution in [2.24, 2.45) is 5.92 Å². The van der Waals surface area contributed by atoms with Crippen molar-refractivity contribution in [1.29, 1.82) is 0 Å². The molecule has 0 fully saturated rings. The van der Waals surface area contributed by atoms with E-state index in [9.17, 15) is 4.79 Å². The number of carbonyl (C=O) groups is 1. The van der Waals surface area contributed by atoms with Crippen LogP contribution in [0.1, 0.15) is 40.4 Å². The van der Waals surface area contributed by atoms with E-state index >= 15 is 0 Å². The van der Waals surface area contributed by atoms with Crippen molar-refractivity contribution in [1.82, 2.24) is 0 Å². The summed E-state index contributed by atoms with van der Waals surface area (Å²) in [4.78, 5) is 12.6. The highest BCUT2D eigenvalue weighted by Gasteiger charge is 2.33. The molecule has 2 aliphatic carbocycles. The van der Waals surface area contributed by atoms with Crippen LogP contribution >= 0.6 is 0 Å². The fourth-order valence-corrected chi connectivity index (χ4v) is 4.65. The van der Waals surface area contributed by atoms with Crippen molar-refractivity contribution in [2.45, 2.75) is 32.6 Å². The summed E-state index contributed by atoms with van der Waals surface area (Å²) < 4.78 is 0. The van der Waals surface area contributed by atoms with Crippen molar-refractivity contribution in [2.75, 3.05) is 0 Å². The molecule has 1 heteroatoms. The first-order valence-corrected chi connectivity index (χ1v) is 8.94. The standard InChI is InChI=1S/C23H20O/c1-14-12-20-21(23(14)24)13-16-8-5-10-18(16)22(20)19-11-4-7-15-6-2-3-9-17(15)19/h2-4,6-7,9,11,13-14H,5,8,10,12H2,1H3. The van der Waals surface area contributed by atoms with E-state index in [1.165, 1.54) is 45.0 Å². The first-order valence-electron chi connectivity index (χ1n) is 8.94. The molecule has 0 saturated heterocycles. The summed E-state index contributed by atoms with van der Waals surface area (Å²) in [5.41, 5.74) is 7.86. The lowest BCUT2D eigenvalue weighted by Crippen LogP contribution is -2.03. The Morgan fingerprint density at radius 2 is 1.75 bits per heavy atom. The summed E-state index contributed by atoms with van der Waals surface area (Å²) in [6.07, 6.45) is 4.35. The lowest BCUT2D eigenvalue weighted by molar-refractivity contribution is 0.0946. The summed E-state index contributed by atoms with van der Waals surface area (Å²) in [6.45, 7) is 2.07. The average Bonchev–Trinajstić information content (AvgIpc) is 3.18. The second kappa shape index (κ2) is 5.04. The van der Waals surface area contributed by atoms with Gasteiger partial charge in [0.05, 0.1) is 0 Å². The van der Waals surface area contributed by atoms with Crippen LogP contribution in [-0.4, -0.2) is 5.78 Å². The molecule has 5 rings (SSSR count). The van der Waals surface area contributed by atoms with Gasteiger partial charge in [-0.3, -0.25) is 4.79 Å². The maximum Gasteiger partial charge on any atom is 0.166 e. The molecule has 0 radical (unpaired) electrons. The Balaban J connectivity index is 1.89. The van der Waals surface area contributed by atoms with Crippen LogP contribution in [0.3, 0.4) is 0 Å². The molecule has 1 atom stereocenters. The molecule has 0 spiro atoms. The van der Waals surface area contributed by atoms with Crippen molar-refractivity contribution in [3.63, 3.8) is 0 Å². The molecule has 2 aliphatic rings. The van der Waals surface area contributed by atoms with E-state index < -0.39 is 0 Å². The van der Waals surface area contributed by atoms with Crippen molar-refractivity contribution in [3.05, 3.63) is 70.8 Å². The van der Waals surface area contributed by atoms with Gasteiger partial charge in [-0.25, -0.2) is 0 Å². The highest BCUT2D eigenvalue weighted by molar-refractivity contribution is 6.07. The molecule has 24 heavy (non-hydrogen) atoms. The number of hydrogen-bond donors (Lipinski definition) is 0. The Bertz CT molecular complexity index is 991. The molecule has 0 aromatic heterocycles. The van der Waals surface area contributed by atoms with Crippen molar-refractivity contribution < 1.29 is 4.79 Å². The van der Waals surface area contributed by atoms with Crippen LogP contribution in [-0.2, 0) is 19.3 Å². The van der Waals surface area contributed by atoms with Crippen LogP contribution in [0.2, 0.25) is 0 Å². The Labute approximate surface area is 142 Å². The van der Waals surface area contributed by atoms with Gasteiger partial charge in [-0.2, -0.15) is 0 Å². The maximum atomic E-state index is 12.6. The van der Waals surface area contributed by atoms with Crippen LogP contribution in [0.15, 0.2) is 48.5 Å². The molecule has 118 valence electrons. The van der Waals surface area contributed by atoms with Crippen LogP contribution in [0.5, 0.6) is 0 Å². The smallest absolute Gasteiger partial charge is 0.166 e. The minimum absolute atomic E-state index is 0.122. The van der Waals surface area contributed by atoms with Gasteiger partial charge < -0.3 is 0 Å². The molecule has 0 bridgehead atoms. The molecular formula is C23H20O. The third kappa shape index (κ3) is 1.84. The van der Waals surface area contributed by atoms with Crippen LogP contribution < -0.4 is 0 Å². The van der Waals surface area contributed by atoms with Gasteiger partial charge in [0.25, 0.3) is 0 Å². The zero-order valence-electron chi connectivity index (χ0n) is 13.9. The number of Topliss-reactive ketones (excluding diaryl/α,β-unsaturated/α-hetero) is 1. The van der Waals surface area contributed by atoms with Gasteiger partial charge >= 0.3 is 0 Å². The zero-order valence-corrected chi connectivity index (χ0v) is 13.9. The Kier molecular flexibility index (Phi) is 2.94. The van der Waals surface area contributed by atoms with E-state index in [1.807, 2.05) is 0 Å². The molecule has 0 saturated carbocycles. The van der Waals surface area contributed by atoms with Gasteiger partial charge in [-0.15, -0.1) is 0 Å². The number of hydrogen-bond acceptors (Lipinski definition) is 1. The van der Waals surface area contributed by atoms with Crippen molar-refractivity contribution in [3.8, 4) is 11.1 Å². The third-order valence-corrected chi connectivity index (χ3v) is 5.79. The Morgan fingerprint density at radius 3 is 2.67 bits per heavy atom. The molecule has 0 heterocycles. The predicted molar refractivity (Wildman–Crippen MR) is 98.6 cm³/mol. The molecule has 0 N–H and O–H groups in total. The fourth-order valence-electron chi connectivity index (χ4n) is 4.65. The fraction of sp³-hybridized carbons (Fsp3) is 0.261. The third-order valence-electron chi connectivity index (χ3n) is 5.79. The first-order chi connectivity index (χ1) is 11.7. The van der Waals surface area contributed by atoms with E-state index in [4.69, 9.17) is 0 Å². The molecule has 1 unspecified atom stereocenters. The SMILES string of the molecule is CC1Cc2c(cc3c(c2-c2cccc4ccccc24)CCC3)C1=O. The van der Waals surface area contributed by atoms with E-state index in [0.717, 1.165) is 24.8 Å². The van der Waals surface area contributed by atoms with E-state index in [1.54, 1.807) is 0 Å². The number of aryl methyl sites for hydroxylation is 1. The summed E-state index contributed by atoms with van der Waals surface area (Å²) in [5.74, 6) is 0.456. The van der Waals surface area contributed by atoms with Gasteiger partial charge in [0.2, 0.25) is 0 Å². The highest BCUT2D eigenvalue weighted by Crippen LogP contribution is 2.44. The summed E-state index contributed by atoms with van der Waals surface area (Å²) in [5, 5.41) is 2.58. The first kappa shape index (κ1) is 14.0. The minimum Gasteiger partial charge on any atom is -0.294 e. The number of carbonyl (C=O) groups excluding carboxylic acids is 1. The second-order valence-electron chi connectivity index (χ2n) is 7.27. The molecule has 0 amide bonds. The number of fused-ring (bicyclic) bond motifs is 3. The quantitative estimate of drug-likeness (QED) is 0.590. The molecule has 3 aromatic rings. The van der Waals surface area contributed by atoms with E-state index in [-0.39, 0.29) is 5.92 Å². The van der Waals surface area contributed by atoms with Gasteiger partial charge in [-0.1, -0.05) is 49.4 Å². The molecule has 1 nitrogen and oxygen atoms in total. The average molecular weight is 312 g/mol. The summed E-state index contributed by atoms with van der Waals surface area (Å²) in [7, 11) is 0. The molecular weight excluding hydrogens is 292 g/mol. The lowest BCUT2D eigenvalue weighted by Gasteiger charge is -2.16. The molecule has 0 aliphatic heterocycles. The normalized spacial score (nSPS) is 18.9. The number of benzene rings is 3. The minimum atomic E-state index is 0.122. The maximum absolute atomic E-state index is 12.6. The van der Waals surface area contributed by atoms with Gasteiger partial charge in [-0.05, 0) is 70.3 Å². The van der Waals surface area contributed by atoms with Gasteiger partial charge in [0, 0.05) is 11.5 Å².